The van der Waals surface area contributed by atoms with Crippen LogP contribution in [0.25, 0.3) is 0 Å². The minimum absolute atomic E-state index is 0.0201. The van der Waals surface area contributed by atoms with Crippen molar-refractivity contribution in [3.05, 3.63) is 17.5 Å². The second kappa shape index (κ2) is 3.95. The van der Waals surface area contributed by atoms with Gasteiger partial charge in [-0.05, 0) is 6.07 Å². The number of halogens is 3. The average Bonchev–Trinajstić information content (AvgIpc) is 2.48. The Bertz CT molecular complexity index is 298. The number of rotatable bonds is 3. The number of aromatic amines is 1. The lowest BCUT2D eigenvalue weighted by atomic mass is 10.2. The van der Waals surface area contributed by atoms with Gasteiger partial charge in [-0.3, -0.25) is 10.9 Å². The van der Waals surface area contributed by atoms with Crippen LogP contribution in [0, 0.1) is 0 Å². The quantitative estimate of drug-likeness (QED) is 0.320. The van der Waals surface area contributed by atoms with Crippen molar-refractivity contribution in [1.29, 1.82) is 0 Å². The Balaban J connectivity index is 2.69. The SMILES string of the molecule is NNC(O)c1cc(CC(F)(F)F)[nH]n1. The highest BCUT2D eigenvalue weighted by atomic mass is 19.4. The molecule has 5 N–H and O–H groups in total. The Morgan fingerprint density at radius 3 is 2.79 bits per heavy atom. The minimum Gasteiger partial charge on any atom is -0.371 e. The topological polar surface area (TPSA) is 87.0 Å². The third kappa shape index (κ3) is 2.98. The lowest BCUT2D eigenvalue weighted by molar-refractivity contribution is -0.127. The lowest BCUT2D eigenvalue weighted by Crippen LogP contribution is -2.27. The number of alkyl halides is 3. The number of H-pyrrole nitrogens is 1. The van der Waals surface area contributed by atoms with Crippen LogP contribution in [0.5, 0.6) is 0 Å². The molecule has 0 aliphatic rings. The maximum absolute atomic E-state index is 11.9. The summed E-state index contributed by atoms with van der Waals surface area (Å²) in [6.07, 6.45) is -6.68. The molecule has 0 saturated heterocycles. The van der Waals surface area contributed by atoms with Gasteiger partial charge in [-0.1, -0.05) is 0 Å². The van der Waals surface area contributed by atoms with Crippen LogP contribution in [0.1, 0.15) is 17.6 Å². The monoisotopic (exact) mass is 210 g/mol. The molecule has 0 aromatic carbocycles. The smallest absolute Gasteiger partial charge is 0.371 e. The third-order valence-corrected chi connectivity index (χ3v) is 1.48. The van der Waals surface area contributed by atoms with Gasteiger partial charge < -0.3 is 5.11 Å². The summed E-state index contributed by atoms with van der Waals surface area (Å²) in [6, 6.07) is 1.10. The van der Waals surface area contributed by atoms with Crippen LogP contribution in [0.4, 0.5) is 13.2 Å². The van der Waals surface area contributed by atoms with Crippen LogP contribution in [0.3, 0.4) is 0 Å². The van der Waals surface area contributed by atoms with Crippen LogP contribution >= 0.6 is 0 Å². The van der Waals surface area contributed by atoms with Crippen LogP contribution in [0.2, 0.25) is 0 Å². The van der Waals surface area contributed by atoms with Gasteiger partial charge in [-0.2, -0.15) is 18.3 Å². The molecule has 1 aromatic heterocycles. The molecular weight excluding hydrogens is 201 g/mol. The summed E-state index contributed by atoms with van der Waals surface area (Å²) in [7, 11) is 0. The van der Waals surface area contributed by atoms with E-state index in [0.717, 1.165) is 6.07 Å². The molecular formula is C6H9F3N4O. The number of aliphatic hydroxyl groups excluding tert-OH is 1. The third-order valence-electron chi connectivity index (χ3n) is 1.48. The van der Waals surface area contributed by atoms with Gasteiger partial charge in [0.05, 0.1) is 6.42 Å². The number of hydrogen-bond donors (Lipinski definition) is 4. The summed E-state index contributed by atoms with van der Waals surface area (Å²) in [4.78, 5) is 0. The first-order valence-corrected chi connectivity index (χ1v) is 3.67. The Morgan fingerprint density at radius 1 is 1.64 bits per heavy atom. The van der Waals surface area contributed by atoms with Crippen molar-refractivity contribution in [3.63, 3.8) is 0 Å². The van der Waals surface area contributed by atoms with Gasteiger partial charge >= 0.3 is 6.18 Å². The molecule has 0 amide bonds. The number of hydrogen-bond acceptors (Lipinski definition) is 4. The van der Waals surface area contributed by atoms with E-state index < -0.39 is 18.8 Å². The normalized spacial score (nSPS) is 14.4. The van der Waals surface area contributed by atoms with E-state index in [0.29, 0.717) is 0 Å². The molecule has 1 rings (SSSR count). The summed E-state index contributed by atoms with van der Waals surface area (Å²) in [5.41, 5.74) is 1.85. The Hall–Kier alpha value is -1.12. The minimum atomic E-state index is -4.30. The molecule has 0 aliphatic carbocycles. The molecule has 0 radical (unpaired) electrons. The van der Waals surface area contributed by atoms with Crippen molar-refractivity contribution in [2.45, 2.75) is 18.8 Å². The van der Waals surface area contributed by atoms with Crippen molar-refractivity contribution < 1.29 is 18.3 Å². The summed E-state index contributed by atoms with van der Waals surface area (Å²) in [5, 5.41) is 14.6. The zero-order valence-corrected chi connectivity index (χ0v) is 6.97. The summed E-state index contributed by atoms with van der Waals surface area (Å²) in [5.74, 6) is 4.86. The zero-order chi connectivity index (χ0) is 10.8. The highest BCUT2D eigenvalue weighted by Gasteiger charge is 2.29. The molecule has 1 aromatic rings. The van der Waals surface area contributed by atoms with Gasteiger partial charge in [0.1, 0.15) is 5.69 Å². The fourth-order valence-corrected chi connectivity index (χ4v) is 0.911. The molecule has 0 saturated carbocycles. The highest BCUT2D eigenvalue weighted by Crippen LogP contribution is 2.21. The number of nitrogens with zero attached hydrogens (tertiary/aromatic N) is 1. The number of nitrogens with one attached hydrogen (secondary N) is 2. The van der Waals surface area contributed by atoms with E-state index in [4.69, 9.17) is 10.9 Å². The van der Waals surface area contributed by atoms with E-state index in [2.05, 4.69) is 10.2 Å². The van der Waals surface area contributed by atoms with Gasteiger partial charge in [-0.15, -0.1) is 0 Å². The van der Waals surface area contributed by atoms with E-state index in [9.17, 15) is 13.2 Å². The predicted molar refractivity (Wildman–Crippen MR) is 40.6 cm³/mol. The first-order chi connectivity index (χ1) is 6.42. The molecule has 0 fully saturated rings. The van der Waals surface area contributed by atoms with Gasteiger partial charge in [0, 0.05) is 5.69 Å². The summed E-state index contributed by atoms with van der Waals surface area (Å²) >= 11 is 0. The highest BCUT2D eigenvalue weighted by molar-refractivity contribution is 5.11. The maximum atomic E-state index is 11.9. The summed E-state index contributed by atoms with van der Waals surface area (Å²) < 4.78 is 35.6. The van der Waals surface area contributed by atoms with Gasteiger partial charge in [0.2, 0.25) is 0 Å². The van der Waals surface area contributed by atoms with E-state index in [1.165, 1.54) is 0 Å². The van der Waals surface area contributed by atoms with Crippen molar-refractivity contribution in [3.8, 4) is 0 Å². The molecule has 80 valence electrons. The van der Waals surface area contributed by atoms with Crippen LogP contribution in [0.15, 0.2) is 6.07 Å². The zero-order valence-electron chi connectivity index (χ0n) is 6.97. The molecule has 0 bridgehead atoms. The fourth-order valence-electron chi connectivity index (χ4n) is 0.911. The van der Waals surface area contributed by atoms with Gasteiger partial charge in [-0.25, -0.2) is 5.43 Å². The van der Waals surface area contributed by atoms with Crippen molar-refractivity contribution in [2.75, 3.05) is 0 Å². The van der Waals surface area contributed by atoms with Crippen molar-refractivity contribution >= 4 is 0 Å². The van der Waals surface area contributed by atoms with Crippen LogP contribution in [-0.4, -0.2) is 21.5 Å². The first-order valence-electron chi connectivity index (χ1n) is 3.67. The van der Waals surface area contributed by atoms with E-state index in [-0.39, 0.29) is 11.4 Å². The van der Waals surface area contributed by atoms with Gasteiger partial charge in [0.25, 0.3) is 0 Å². The average molecular weight is 210 g/mol. The molecule has 0 aliphatic heterocycles. The second-order valence-electron chi connectivity index (χ2n) is 2.68. The van der Waals surface area contributed by atoms with Gasteiger partial charge in [0.15, 0.2) is 6.23 Å². The molecule has 8 heteroatoms. The number of hydrazine groups is 1. The largest absolute Gasteiger partial charge is 0.394 e. The molecule has 1 heterocycles. The van der Waals surface area contributed by atoms with E-state index in [1.807, 2.05) is 5.43 Å². The molecule has 5 nitrogen and oxygen atoms in total. The van der Waals surface area contributed by atoms with E-state index in [1.54, 1.807) is 0 Å². The lowest BCUT2D eigenvalue weighted by Gasteiger charge is -2.03. The molecule has 1 unspecified atom stereocenters. The first kappa shape index (κ1) is 11.0. The maximum Gasteiger partial charge on any atom is 0.394 e. The predicted octanol–water partition coefficient (Wildman–Crippen LogP) is -0.0313. The van der Waals surface area contributed by atoms with Crippen molar-refractivity contribution in [1.82, 2.24) is 15.6 Å². The Morgan fingerprint density at radius 2 is 2.29 bits per heavy atom. The molecule has 0 spiro atoms. The Labute approximate surface area is 77.1 Å². The number of aromatic nitrogens is 2. The fraction of sp³-hybridized carbons (Fsp3) is 0.500. The number of aliphatic hydroxyl groups is 1. The van der Waals surface area contributed by atoms with E-state index >= 15 is 0 Å². The van der Waals surface area contributed by atoms with Crippen molar-refractivity contribution in [2.24, 2.45) is 5.84 Å². The van der Waals surface area contributed by atoms with Crippen LogP contribution < -0.4 is 11.3 Å². The summed E-state index contributed by atoms with van der Waals surface area (Å²) in [6.45, 7) is 0. The standard InChI is InChI=1S/C6H9F3N4O/c7-6(8,9)2-3-1-4(13-12-3)5(14)11-10/h1,5,11,14H,2,10H2,(H,12,13). The molecule has 14 heavy (non-hydrogen) atoms. The Kier molecular flexibility index (Phi) is 3.09. The molecule has 1 atom stereocenters. The van der Waals surface area contributed by atoms with Crippen LogP contribution in [-0.2, 0) is 6.42 Å². The number of nitrogens with two attached hydrogens (primary N) is 1. The second-order valence-corrected chi connectivity index (χ2v) is 2.68.